The summed E-state index contributed by atoms with van der Waals surface area (Å²) >= 11 is 0. The minimum Gasteiger partial charge on any atom is -0.444 e. The van der Waals surface area contributed by atoms with E-state index in [9.17, 15) is 31.8 Å². The molecule has 12 nitrogen and oxygen atoms in total. The van der Waals surface area contributed by atoms with Crippen LogP contribution in [0.4, 0.5) is 4.79 Å². The van der Waals surface area contributed by atoms with E-state index in [1.54, 1.807) is 29.2 Å². The van der Waals surface area contributed by atoms with Crippen LogP contribution < -0.4 is 14.8 Å². The lowest BCUT2D eigenvalue weighted by molar-refractivity contribution is -0.0356. The van der Waals surface area contributed by atoms with Crippen LogP contribution >= 0.6 is 0 Å². The van der Waals surface area contributed by atoms with Gasteiger partial charge in [0.05, 0.1) is 21.0 Å². The van der Waals surface area contributed by atoms with Gasteiger partial charge in [0.1, 0.15) is 5.60 Å². The van der Waals surface area contributed by atoms with Gasteiger partial charge in [-0.15, -0.1) is 0 Å². The Hall–Kier alpha value is -2.59. The molecule has 0 atom stereocenters. The van der Waals surface area contributed by atoms with Crippen LogP contribution in [0.15, 0.2) is 58.3 Å². The molecule has 2 aromatic rings. The summed E-state index contributed by atoms with van der Waals surface area (Å²) < 4.78 is 56.6. The third kappa shape index (κ3) is 8.97. The predicted molar refractivity (Wildman–Crippen MR) is 162 cm³/mol. The van der Waals surface area contributed by atoms with E-state index in [1.807, 2.05) is 20.8 Å². The maximum absolute atomic E-state index is 12.1. The molecule has 2 heterocycles. The molecule has 2 aromatic carbocycles. The molecule has 0 spiro atoms. The van der Waals surface area contributed by atoms with E-state index in [0.29, 0.717) is 44.3 Å². The van der Waals surface area contributed by atoms with E-state index in [2.05, 4.69) is 14.8 Å². The quantitative estimate of drug-likeness (QED) is 0.316. The van der Waals surface area contributed by atoms with E-state index >= 15 is 0 Å². The molecule has 0 saturated carbocycles. The third-order valence-electron chi connectivity index (χ3n) is 7.61. The third-order valence-corrected chi connectivity index (χ3v) is 10.5. The summed E-state index contributed by atoms with van der Waals surface area (Å²) in [4.78, 5) is 14.0. The number of nitrogens with one attached hydrogen (secondary N) is 3. The number of aliphatic hydroxyl groups is 2. The van der Waals surface area contributed by atoms with Gasteiger partial charge >= 0.3 is 6.09 Å². The summed E-state index contributed by atoms with van der Waals surface area (Å²) in [6, 6.07) is 12.6. The molecule has 240 valence electrons. The average molecular weight is 641 g/mol. The molecule has 0 radical (unpaired) electrons. The van der Waals surface area contributed by atoms with Gasteiger partial charge in [-0.2, -0.15) is 0 Å². The number of carbonyl (C=O) groups excluding carboxylic acids is 1. The minimum atomic E-state index is -3.50. The molecule has 2 aliphatic heterocycles. The monoisotopic (exact) mass is 640 g/mol. The maximum Gasteiger partial charge on any atom is 0.410 e. The Balaban J connectivity index is 0.000000248. The predicted octanol–water partition coefficient (Wildman–Crippen LogP) is 1.98. The molecule has 2 saturated heterocycles. The van der Waals surface area contributed by atoms with Crippen molar-refractivity contribution in [3.63, 3.8) is 0 Å². The lowest BCUT2D eigenvalue weighted by Gasteiger charge is -2.39. The van der Waals surface area contributed by atoms with E-state index < -0.39 is 36.8 Å². The Labute approximate surface area is 254 Å². The van der Waals surface area contributed by atoms with Crippen molar-refractivity contribution in [3.8, 4) is 0 Å². The molecular weight excluding hydrogens is 596 g/mol. The zero-order valence-corrected chi connectivity index (χ0v) is 27.0. The number of likely N-dealkylation sites (tertiary alicyclic amines) is 1. The fourth-order valence-corrected chi connectivity index (χ4v) is 6.39. The van der Waals surface area contributed by atoms with E-state index in [-0.39, 0.29) is 15.9 Å². The SMILES string of the molecule is CNS(=O)(=O)c1ccc(C2(O)CCN(C(=O)OC(C)(C)C)CC2)cc1.CNS(=O)(=O)c1ccc(C2(O)CCNCC2)cc1. The number of amides is 1. The fraction of sp³-hybridized carbons (Fsp3) is 0.552. The lowest BCUT2D eigenvalue weighted by atomic mass is 9.84. The van der Waals surface area contributed by atoms with Crippen molar-refractivity contribution in [2.24, 2.45) is 0 Å². The standard InChI is InChI=1S/C17H26N2O5S.C12H18N2O3S/c1-16(2,3)24-15(20)19-11-9-17(21,10-12-19)13-5-7-14(8-6-13)25(22,23)18-4;1-13-18(16,17)11-4-2-10(3-5-11)12(15)6-8-14-9-7-12/h5-8,18,21H,9-12H2,1-4H3;2-5,13-15H,6-9H2,1H3. The molecular formula is C29H44N4O8S2. The van der Waals surface area contributed by atoms with Crippen molar-refractivity contribution in [1.82, 2.24) is 19.7 Å². The largest absolute Gasteiger partial charge is 0.444 e. The Morgan fingerprint density at radius 2 is 1.14 bits per heavy atom. The Kier molecular flexibility index (Phi) is 11.0. The summed E-state index contributed by atoms with van der Waals surface area (Å²) in [5.74, 6) is 0. The van der Waals surface area contributed by atoms with Gasteiger partial charge in [-0.25, -0.2) is 31.1 Å². The maximum atomic E-state index is 12.1. The number of hydrogen-bond donors (Lipinski definition) is 5. The number of sulfonamides is 2. The van der Waals surface area contributed by atoms with Gasteiger partial charge in [-0.05, 0) is 109 Å². The number of piperidine rings is 2. The molecule has 14 heteroatoms. The molecule has 43 heavy (non-hydrogen) atoms. The zero-order valence-electron chi connectivity index (χ0n) is 25.4. The molecule has 4 rings (SSSR count). The van der Waals surface area contributed by atoms with Crippen molar-refractivity contribution in [2.75, 3.05) is 40.3 Å². The zero-order chi connectivity index (χ0) is 32.1. The van der Waals surface area contributed by atoms with E-state index in [4.69, 9.17) is 4.74 Å². The van der Waals surface area contributed by atoms with Gasteiger partial charge in [0.15, 0.2) is 0 Å². The van der Waals surface area contributed by atoms with Crippen LogP contribution in [0.2, 0.25) is 0 Å². The molecule has 0 aromatic heterocycles. The highest BCUT2D eigenvalue weighted by atomic mass is 32.2. The first-order chi connectivity index (χ1) is 19.9. The number of hydrogen-bond acceptors (Lipinski definition) is 9. The van der Waals surface area contributed by atoms with Gasteiger partial charge in [0.2, 0.25) is 20.0 Å². The van der Waals surface area contributed by atoms with Crippen molar-refractivity contribution in [3.05, 3.63) is 59.7 Å². The molecule has 0 aliphatic carbocycles. The fourth-order valence-electron chi connectivity index (χ4n) is 4.93. The average Bonchev–Trinajstić information content (AvgIpc) is 2.97. The smallest absolute Gasteiger partial charge is 0.410 e. The van der Waals surface area contributed by atoms with E-state index in [1.165, 1.54) is 38.4 Å². The van der Waals surface area contributed by atoms with Crippen LogP contribution in [0.5, 0.6) is 0 Å². The molecule has 2 fully saturated rings. The van der Waals surface area contributed by atoms with Crippen LogP contribution in [0.25, 0.3) is 0 Å². The second-order valence-electron chi connectivity index (χ2n) is 11.7. The van der Waals surface area contributed by atoms with Crippen molar-refractivity contribution < 1.29 is 36.6 Å². The highest BCUT2D eigenvalue weighted by Crippen LogP contribution is 2.34. The molecule has 1 amide bonds. The molecule has 2 aliphatic rings. The molecule has 0 bridgehead atoms. The topological polar surface area (TPSA) is 174 Å². The van der Waals surface area contributed by atoms with Crippen molar-refractivity contribution in [2.45, 2.75) is 73.0 Å². The van der Waals surface area contributed by atoms with Crippen molar-refractivity contribution >= 4 is 26.1 Å². The first-order valence-corrected chi connectivity index (χ1v) is 17.1. The van der Waals surface area contributed by atoms with Gasteiger partial charge in [0, 0.05) is 13.1 Å². The normalized spacial score (nSPS) is 18.7. The first kappa shape index (κ1) is 34.9. The highest BCUT2D eigenvalue weighted by molar-refractivity contribution is 7.89. The van der Waals surface area contributed by atoms with Crippen LogP contribution in [0.3, 0.4) is 0 Å². The summed E-state index contributed by atoms with van der Waals surface area (Å²) in [6.45, 7) is 7.73. The summed E-state index contributed by atoms with van der Waals surface area (Å²) in [6.07, 6.45) is 1.63. The van der Waals surface area contributed by atoms with Gasteiger partial charge in [0.25, 0.3) is 0 Å². The molecule has 5 N–H and O–H groups in total. The van der Waals surface area contributed by atoms with Crippen LogP contribution in [0, 0.1) is 0 Å². The Bertz CT molecular complexity index is 1440. The van der Waals surface area contributed by atoms with Crippen LogP contribution in [0.1, 0.15) is 57.6 Å². The first-order valence-electron chi connectivity index (χ1n) is 14.2. The summed E-state index contributed by atoms with van der Waals surface area (Å²) in [5.41, 5.74) is -1.06. The Morgan fingerprint density at radius 1 is 0.767 bits per heavy atom. The molecule has 0 unspecified atom stereocenters. The van der Waals surface area contributed by atoms with Gasteiger partial charge in [-0.3, -0.25) is 0 Å². The lowest BCUT2D eigenvalue weighted by Crippen LogP contribution is -2.46. The summed E-state index contributed by atoms with van der Waals surface area (Å²) in [5, 5.41) is 24.6. The van der Waals surface area contributed by atoms with Gasteiger partial charge in [-0.1, -0.05) is 24.3 Å². The highest BCUT2D eigenvalue weighted by Gasteiger charge is 2.37. The van der Waals surface area contributed by atoms with Crippen LogP contribution in [-0.4, -0.2) is 83.9 Å². The second-order valence-corrected chi connectivity index (χ2v) is 15.5. The van der Waals surface area contributed by atoms with E-state index in [0.717, 1.165) is 18.7 Å². The number of nitrogens with zero attached hydrogens (tertiary/aromatic N) is 1. The Morgan fingerprint density at radius 3 is 1.49 bits per heavy atom. The summed E-state index contributed by atoms with van der Waals surface area (Å²) in [7, 11) is -4.18. The van der Waals surface area contributed by atoms with Crippen molar-refractivity contribution in [1.29, 1.82) is 0 Å². The van der Waals surface area contributed by atoms with Gasteiger partial charge < -0.3 is 25.2 Å². The number of benzene rings is 2. The number of ether oxygens (including phenoxy) is 1. The number of rotatable bonds is 6. The van der Waals surface area contributed by atoms with Crippen LogP contribution in [-0.2, 0) is 36.0 Å². The number of carbonyl (C=O) groups is 1. The minimum absolute atomic E-state index is 0.147. The second kappa shape index (κ2) is 13.6.